The summed E-state index contributed by atoms with van der Waals surface area (Å²) in [4.78, 5) is 0. The number of nitrogens with zero attached hydrogens (tertiary/aromatic N) is 2. The van der Waals surface area contributed by atoms with Gasteiger partial charge in [-0.25, -0.2) is 0 Å². The van der Waals surface area contributed by atoms with Crippen LogP contribution in [0.25, 0.3) is 0 Å². The molecule has 0 radical (unpaired) electrons. The fourth-order valence-electron chi connectivity index (χ4n) is 2.41. The van der Waals surface area contributed by atoms with Crippen LogP contribution >= 0.6 is 11.6 Å². The molecule has 0 aliphatic rings. The first-order valence-electron chi connectivity index (χ1n) is 6.66. The molecule has 0 spiro atoms. The summed E-state index contributed by atoms with van der Waals surface area (Å²) in [5.74, 6) is 0.767. The highest BCUT2D eigenvalue weighted by Crippen LogP contribution is 2.34. The maximum atomic E-state index is 6.46. The number of rotatable bonds is 5. The van der Waals surface area contributed by atoms with Crippen molar-refractivity contribution in [2.24, 2.45) is 0 Å². The van der Waals surface area contributed by atoms with Crippen molar-refractivity contribution in [3.63, 3.8) is 0 Å². The Labute approximate surface area is 124 Å². The minimum absolute atomic E-state index is 0.0557. The summed E-state index contributed by atoms with van der Waals surface area (Å²) in [5, 5.41) is 8.45. The van der Waals surface area contributed by atoms with Gasteiger partial charge in [0.2, 0.25) is 0 Å². The van der Waals surface area contributed by atoms with Crippen molar-refractivity contribution in [2.45, 2.75) is 26.4 Å². The lowest BCUT2D eigenvalue weighted by molar-refractivity contribution is 0.401. The van der Waals surface area contributed by atoms with Crippen LogP contribution in [-0.2, 0) is 6.54 Å². The van der Waals surface area contributed by atoms with Crippen molar-refractivity contribution in [1.82, 2.24) is 15.1 Å². The van der Waals surface area contributed by atoms with Crippen LogP contribution in [0.1, 0.15) is 29.8 Å². The second-order valence-corrected chi connectivity index (χ2v) is 4.99. The predicted molar refractivity (Wildman–Crippen MR) is 81.5 cm³/mol. The Balaban J connectivity index is 2.58. The van der Waals surface area contributed by atoms with Crippen LogP contribution in [0.5, 0.6) is 5.75 Å². The van der Waals surface area contributed by atoms with E-state index in [-0.39, 0.29) is 6.04 Å². The number of benzene rings is 1. The van der Waals surface area contributed by atoms with Crippen molar-refractivity contribution in [3.8, 4) is 5.75 Å². The second-order valence-electron chi connectivity index (χ2n) is 4.61. The molecule has 1 aromatic heterocycles. The molecule has 20 heavy (non-hydrogen) atoms. The van der Waals surface area contributed by atoms with Gasteiger partial charge in [0.25, 0.3) is 0 Å². The summed E-state index contributed by atoms with van der Waals surface area (Å²) in [6.45, 7) is 4.84. The highest BCUT2D eigenvalue weighted by molar-refractivity contribution is 6.32. The van der Waals surface area contributed by atoms with Crippen molar-refractivity contribution in [1.29, 1.82) is 0 Å². The molecule has 0 aliphatic heterocycles. The number of nitrogens with one attached hydrogen (secondary N) is 1. The van der Waals surface area contributed by atoms with Crippen molar-refractivity contribution >= 4 is 11.6 Å². The third kappa shape index (κ3) is 2.53. The summed E-state index contributed by atoms with van der Waals surface area (Å²) in [5.41, 5.74) is 3.08. The minimum atomic E-state index is -0.0557. The SMILES string of the molecule is CCn1ncc(OC)c1C(NC)c1cccc(C)c1Cl. The Morgan fingerprint density at radius 2 is 2.20 bits per heavy atom. The Morgan fingerprint density at radius 3 is 2.80 bits per heavy atom. The molecule has 2 aromatic rings. The molecule has 0 saturated heterocycles. The molecule has 108 valence electrons. The number of ether oxygens (including phenoxy) is 1. The highest BCUT2D eigenvalue weighted by atomic mass is 35.5. The largest absolute Gasteiger partial charge is 0.493 e. The molecular formula is C15H20ClN3O. The molecule has 0 aliphatic carbocycles. The maximum absolute atomic E-state index is 6.46. The predicted octanol–water partition coefficient (Wildman–Crippen LogP) is 3.18. The quantitative estimate of drug-likeness (QED) is 0.920. The van der Waals surface area contributed by atoms with E-state index in [2.05, 4.69) is 17.3 Å². The summed E-state index contributed by atoms with van der Waals surface area (Å²) >= 11 is 6.46. The average Bonchev–Trinajstić information content (AvgIpc) is 2.87. The van der Waals surface area contributed by atoms with Crippen LogP contribution < -0.4 is 10.1 Å². The fraction of sp³-hybridized carbons (Fsp3) is 0.400. The van der Waals surface area contributed by atoms with Gasteiger partial charge in [0.1, 0.15) is 5.69 Å². The first kappa shape index (κ1) is 14.9. The molecule has 5 heteroatoms. The van der Waals surface area contributed by atoms with E-state index in [1.807, 2.05) is 36.9 Å². The third-order valence-corrected chi connectivity index (χ3v) is 3.98. The van der Waals surface area contributed by atoms with Crippen molar-refractivity contribution in [3.05, 3.63) is 46.2 Å². The lowest BCUT2D eigenvalue weighted by atomic mass is 10.0. The van der Waals surface area contributed by atoms with Gasteiger partial charge in [-0.05, 0) is 32.0 Å². The second kappa shape index (κ2) is 6.29. The van der Waals surface area contributed by atoms with Crippen LogP contribution in [-0.4, -0.2) is 23.9 Å². The monoisotopic (exact) mass is 293 g/mol. The van der Waals surface area contributed by atoms with E-state index in [1.54, 1.807) is 13.3 Å². The van der Waals surface area contributed by atoms with Crippen LogP contribution in [0.2, 0.25) is 5.02 Å². The summed E-state index contributed by atoms with van der Waals surface area (Å²) < 4.78 is 7.37. The normalized spacial score (nSPS) is 12.4. The number of aromatic nitrogens is 2. The zero-order chi connectivity index (χ0) is 14.7. The van der Waals surface area contributed by atoms with Gasteiger partial charge in [0.15, 0.2) is 5.75 Å². The number of aryl methyl sites for hydroxylation is 2. The zero-order valence-corrected chi connectivity index (χ0v) is 13.0. The van der Waals surface area contributed by atoms with Gasteiger partial charge in [0.05, 0.1) is 19.3 Å². The number of hydrogen-bond donors (Lipinski definition) is 1. The van der Waals surface area contributed by atoms with Gasteiger partial charge in [0, 0.05) is 11.6 Å². The van der Waals surface area contributed by atoms with Gasteiger partial charge < -0.3 is 10.1 Å². The van der Waals surface area contributed by atoms with E-state index >= 15 is 0 Å². The molecular weight excluding hydrogens is 274 g/mol. The maximum Gasteiger partial charge on any atom is 0.161 e. The highest BCUT2D eigenvalue weighted by Gasteiger charge is 2.24. The molecule has 4 nitrogen and oxygen atoms in total. The molecule has 1 unspecified atom stereocenters. The minimum Gasteiger partial charge on any atom is -0.493 e. The first-order chi connectivity index (χ1) is 9.63. The summed E-state index contributed by atoms with van der Waals surface area (Å²) in [7, 11) is 3.57. The fourth-order valence-corrected chi connectivity index (χ4v) is 2.65. The van der Waals surface area contributed by atoms with Gasteiger partial charge in [-0.3, -0.25) is 4.68 Å². The van der Waals surface area contributed by atoms with Crippen molar-refractivity contribution < 1.29 is 4.74 Å². The lowest BCUT2D eigenvalue weighted by Crippen LogP contribution is -2.22. The van der Waals surface area contributed by atoms with Crippen LogP contribution in [0.4, 0.5) is 0 Å². The van der Waals surface area contributed by atoms with E-state index in [4.69, 9.17) is 16.3 Å². The summed E-state index contributed by atoms with van der Waals surface area (Å²) in [6.07, 6.45) is 1.74. The number of halogens is 1. The van der Waals surface area contributed by atoms with Crippen LogP contribution in [0.3, 0.4) is 0 Å². The molecule has 1 N–H and O–H groups in total. The van der Waals surface area contributed by atoms with E-state index in [0.29, 0.717) is 0 Å². The van der Waals surface area contributed by atoms with Crippen molar-refractivity contribution in [2.75, 3.05) is 14.2 Å². The first-order valence-corrected chi connectivity index (χ1v) is 7.03. The zero-order valence-electron chi connectivity index (χ0n) is 12.3. The topological polar surface area (TPSA) is 39.1 Å². The Hall–Kier alpha value is -1.52. The standard InChI is InChI=1S/C15H20ClN3O/c1-5-19-15(12(20-4)9-18-19)14(17-3)11-8-6-7-10(2)13(11)16/h6-9,14,17H,5H2,1-4H3. The molecule has 1 atom stereocenters. The van der Waals surface area contributed by atoms with Crippen LogP contribution in [0.15, 0.2) is 24.4 Å². The van der Waals surface area contributed by atoms with Gasteiger partial charge in [-0.1, -0.05) is 29.8 Å². The number of hydrogen-bond acceptors (Lipinski definition) is 3. The van der Waals surface area contributed by atoms with E-state index in [1.165, 1.54) is 0 Å². The Bertz CT molecular complexity index is 573. The Kier molecular flexibility index (Phi) is 4.68. The summed E-state index contributed by atoms with van der Waals surface area (Å²) in [6, 6.07) is 6.00. The molecule has 0 fully saturated rings. The Morgan fingerprint density at radius 1 is 1.45 bits per heavy atom. The molecule has 0 bridgehead atoms. The van der Waals surface area contributed by atoms with Gasteiger partial charge >= 0.3 is 0 Å². The third-order valence-electron chi connectivity index (χ3n) is 3.46. The molecule has 1 aromatic carbocycles. The molecule has 0 amide bonds. The van der Waals surface area contributed by atoms with Gasteiger partial charge in [-0.2, -0.15) is 5.10 Å². The van der Waals surface area contributed by atoms with E-state index in [0.717, 1.165) is 34.1 Å². The van der Waals surface area contributed by atoms with E-state index < -0.39 is 0 Å². The molecule has 0 saturated carbocycles. The van der Waals surface area contributed by atoms with Crippen LogP contribution in [0, 0.1) is 6.92 Å². The average molecular weight is 294 g/mol. The smallest absolute Gasteiger partial charge is 0.161 e. The van der Waals surface area contributed by atoms with E-state index in [9.17, 15) is 0 Å². The van der Waals surface area contributed by atoms with Gasteiger partial charge in [-0.15, -0.1) is 0 Å². The molecule has 2 rings (SSSR count). The number of methoxy groups -OCH3 is 1. The molecule has 1 heterocycles. The lowest BCUT2D eigenvalue weighted by Gasteiger charge is -2.21.